The first kappa shape index (κ1) is 19.5. The van der Waals surface area contributed by atoms with Gasteiger partial charge in [0.25, 0.3) is 0 Å². The molecule has 3 rings (SSSR count). The predicted octanol–water partition coefficient (Wildman–Crippen LogP) is 3.13. The number of hydrogen-bond donors (Lipinski definition) is 2. The molecule has 1 atom stereocenters. The molecule has 0 aromatic heterocycles. The van der Waals surface area contributed by atoms with Crippen LogP contribution in [0.25, 0.3) is 0 Å². The minimum Gasteiger partial charge on any atom is -0.387 e. The highest BCUT2D eigenvalue weighted by Crippen LogP contribution is 2.34. The maximum absolute atomic E-state index is 13.3. The molecule has 0 radical (unpaired) electrons. The molecule has 1 aliphatic rings. The fourth-order valence-corrected chi connectivity index (χ4v) is 3.74. The molecule has 1 heterocycles. The number of amides is 1. The maximum atomic E-state index is 13.3. The van der Waals surface area contributed by atoms with Crippen LogP contribution in [-0.2, 0) is 10.3 Å². The highest BCUT2D eigenvalue weighted by molar-refractivity contribution is 5.74. The van der Waals surface area contributed by atoms with Gasteiger partial charge in [-0.15, -0.1) is 0 Å². The van der Waals surface area contributed by atoms with Crippen LogP contribution in [0.5, 0.6) is 0 Å². The molecule has 144 valence electrons. The van der Waals surface area contributed by atoms with Gasteiger partial charge < -0.3 is 15.3 Å². The summed E-state index contributed by atoms with van der Waals surface area (Å²) >= 11 is 0. The number of halogens is 2. The van der Waals surface area contributed by atoms with Crippen molar-refractivity contribution in [2.24, 2.45) is 0 Å². The molecule has 2 aromatic carbocycles. The van der Waals surface area contributed by atoms with Crippen LogP contribution in [0.1, 0.15) is 37.0 Å². The molecule has 2 N–H and O–H groups in total. The largest absolute Gasteiger partial charge is 0.387 e. The second-order valence-corrected chi connectivity index (χ2v) is 7.14. The Morgan fingerprint density at radius 3 is 2.11 bits per heavy atom. The van der Waals surface area contributed by atoms with E-state index in [0.717, 1.165) is 5.56 Å². The molecule has 1 fully saturated rings. The van der Waals surface area contributed by atoms with Crippen molar-refractivity contribution in [1.82, 2.24) is 10.2 Å². The van der Waals surface area contributed by atoms with Gasteiger partial charge in [-0.05, 0) is 48.2 Å². The van der Waals surface area contributed by atoms with Gasteiger partial charge in [0.1, 0.15) is 11.6 Å². The second kappa shape index (κ2) is 8.15. The number of likely N-dealkylation sites (tertiary alicyclic amines) is 1. The minimum atomic E-state index is -0.704. The van der Waals surface area contributed by atoms with E-state index in [1.807, 2.05) is 0 Å². The Morgan fingerprint density at radius 2 is 1.59 bits per heavy atom. The van der Waals surface area contributed by atoms with E-state index in [0.29, 0.717) is 38.0 Å². The van der Waals surface area contributed by atoms with Crippen LogP contribution in [-0.4, -0.2) is 35.5 Å². The van der Waals surface area contributed by atoms with Gasteiger partial charge in [0.2, 0.25) is 5.91 Å². The lowest BCUT2D eigenvalue weighted by Crippen LogP contribution is -2.53. The van der Waals surface area contributed by atoms with Crippen LogP contribution >= 0.6 is 0 Å². The summed E-state index contributed by atoms with van der Waals surface area (Å²) in [5, 5.41) is 13.5. The zero-order chi connectivity index (χ0) is 19.4. The zero-order valence-electron chi connectivity index (χ0n) is 15.3. The summed E-state index contributed by atoms with van der Waals surface area (Å²) in [6, 6.07) is 12.1. The van der Waals surface area contributed by atoms with Crippen LogP contribution in [0.4, 0.5) is 8.78 Å². The van der Waals surface area contributed by atoms with Crippen LogP contribution in [0.3, 0.4) is 0 Å². The lowest BCUT2D eigenvalue weighted by molar-refractivity contribution is -0.121. The third-order valence-corrected chi connectivity index (χ3v) is 5.21. The van der Waals surface area contributed by atoms with Crippen molar-refractivity contribution < 1.29 is 18.7 Å². The Balaban J connectivity index is 1.67. The third-order valence-electron chi connectivity index (χ3n) is 5.21. The molecule has 0 aliphatic carbocycles. The number of carbonyl (C=O) groups is 1. The quantitative estimate of drug-likeness (QED) is 0.846. The Hall–Kier alpha value is -2.31. The first-order valence-corrected chi connectivity index (χ1v) is 9.09. The average Bonchev–Trinajstić information content (AvgIpc) is 2.64. The summed E-state index contributed by atoms with van der Waals surface area (Å²) in [6.45, 7) is 3.27. The summed E-state index contributed by atoms with van der Waals surface area (Å²) in [7, 11) is 0. The molecule has 0 spiro atoms. The maximum Gasteiger partial charge on any atom is 0.217 e. The normalized spacial score (nSPS) is 18.1. The third kappa shape index (κ3) is 4.70. The molecule has 4 nitrogen and oxygen atoms in total. The van der Waals surface area contributed by atoms with Crippen LogP contribution in [0, 0.1) is 11.6 Å². The molecule has 27 heavy (non-hydrogen) atoms. The van der Waals surface area contributed by atoms with E-state index in [4.69, 9.17) is 0 Å². The lowest BCUT2D eigenvalue weighted by atomic mass is 9.80. The van der Waals surface area contributed by atoms with E-state index in [9.17, 15) is 18.7 Å². The van der Waals surface area contributed by atoms with E-state index in [2.05, 4.69) is 10.2 Å². The number of β-amino-alcohol motifs (C(OH)–C–C–N with tert-alkyl or cyclic N) is 1. The Bertz CT molecular complexity index is 770. The van der Waals surface area contributed by atoms with E-state index < -0.39 is 11.6 Å². The van der Waals surface area contributed by atoms with Crippen molar-refractivity contribution in [2.45, 2.75) is 31.4 Å². The van der Waals surface area contributed by atoms with E-state index in [1.165, 1.54) is 31.2 Å². The Morgan fingerprint density at radius 1 is 1.07 bits per heavy atom. The molecule has 0 unspecified atom stereocenters. The number of carbonyl (C=O) groups excluding carboxylic acids is 1. The number of hydrogen-bond acceptors (Lipinski definition) is 3. The first-order valence-electron chi connectivity index (χ1n) is 9.09. The molecule has 0 bridgehead atoms. The van der Waals surface area contributed by atoms with Crippen molar-refractivity contribution in [1.29, 1.82) is 0 Å². The van der Waals surface area contributed by atoms with Crippen molar-refractivity contribution in [3.8, 4) is 0 Å². The standard InChI is InChI=1S/C21H24F2N2O2/c1-15(26)24-21(17-4-8-19(23)9-5-17)10-12-25(13-11-21)14-20(27)16-2-6-18(22)7-3-16/h2-9,20,27H,10-14H2,1H3,(H,24,26)/t20-/m1/s1. The summed E-state index contributed by atoms with van der Waals surface area (Å²) in [5.41, 5.74) is 1.03. The van der Waals surface area contributed by atoms with Crippen LogP contribution in [0.15, 0.2) is 48.5 Å². The summed E-state index contributed by atoms with van der Waals surface area (Å²) in [6.07, 6.45) is 0.618. The number of nitrogens with zero attached hydrogens (tertiary/aromatic N) is 1. The SMILES string of the molecule is CC(=O)NC1(c2ccc(F)cc2)CCN(C[C@@H](O)c2ccc(F)cc2)CC1. The number of rotatable bonds is 5. The van der Waals surface area contributed by atoms with Gasteiger partial charge >= 0.3 is 0 Å². The molecule has 1 saturated heterocycles. The van der Waals surface area contributed by atoms with Gasteiger partial charge in [0.05, 0.1) is 11.6 Å². The number of benzene rings is 2. The van der Waals surface area contributed by atoms with Crippen molar-refractivity contribution in [2.75, 3.05) is 19.6 Å². The van der Waals surface area contributed by atoms with E-state index in [-0.39, 0.29) is 17.5 Å². The smallest absolute Gasteiger partial charge is 0.217 e. The van der Waals surface area contributed by atoms with Gasteiger partial charge in [-0.3, -0.25) is 4.79 Å². The number of aliphatic hydroxyl groups is 1. The Kier molecular flexibility index (Phi) is 5.87. The fraction of sp³-hybridized carbons (Fsp3) is 0.381. The van der Waals surface area contributed by atoms with Gasteiger partial charge in [0.15, 0.2) is 0 Å². The second-order valence-electron chi connectivity index (χ2n) is 7.14. The molecule has 2 aromatic rings. The molecule has 1 amide bonds. The zero-order valence-corrected chi connectivity index (χ0v) is 15.3. The highest BCUT2D eigenvalue weighted by Gasteiger charge is 2.37. The van der Waals surface area contributed by atoms with E-state index in [1.54, 1.807) is 24.3 Å². The van der Waals surface area contributed by atoms with Crippen molar-refractivity contribution in [3.05, 3.63) is 71.3 Å². The van der Waals surface area contributed by atoms with Crippen molar-refractivity contribution in [3.63, 3.8) is 0 Å². The average molecular weight is 374 g/mol. The van der Waals surface area contributed by atoms with Gasteiger partial charge in [-0.25, -0.2) is 8.78 Å². The minimum absolute atomic E-state index is 0.126. The van der Waals surface area contributed by atoms with Gasteiger partial charge in [-0.1, -0.05) is 24.3 Å². The Labute approximate surface area is 157 Å². The molecule has 6 heteroatoms. The molecular formula is C21H24F2N2O2. The van der Waals surface area contributed by atoms with Gasteiger partial charge in [-0.2, -0.15) is 0 Å². The summed E-state index contributed by atoms with van der Waals surface area (Å²) in [4.78, 5) is 13.9. The fourth-order valence-electron chi connectivity index (χ4n) is 3.74. The first-order chi connectivity index (χ1) is 12.9. The van der Waals surface area contributed by atoms with Crippen LogP contribution in [0.2, 0.25) is 0 Å². The molecule has 1 aliphatic heterocycles. The number of nitrogens with one attached hydrogen (secondary N) is 1. The molecular weight excluding hydrogens is 350 g/mol. The number of piperidine rings is 1. The monoisotopic (exact) mass is 374 g/mol. The lowest BCUT2D eigenvalue weighted by Gasteiger charge is -2.43. The topological polar surface area (TPSA) is 52.6 Å². The molecule has 0 saturated carbocycles. The van der Waals surface area contributed by atoms with Crippen molar-refractivity contribution >= 4 is 5.91 Å². The highest BCUT2D eigenvalue weighted by atomic mass is 19.1. The van der Waals surface area contributed by atoms with Gasteiger partial charge in [0, 0.05) is 26.6 Å². The summed E-state index contributed by atoms with van der Waals surface area (Å²) < 4.78 is 26.3. The van der Waals surface area contributed by atoms with Crippen LogP contribution < -0.4 is 5.32 Å². The number of aliphatic hydroxyl groups excluding tert-OH is 1. The summed E-state index contributed by atoms with van der Waals surface area (Å²) in [5.74, 6) is -0.765. The predicted molar refractivity (Wildman–Crippen MR) is 98.9 cm³/mol. The van der Waals surface area contributed by atoms with E-state index >= 15 is 0 Å².